The molecule has 0 amide bonds. The molecule has 2 N–H and O–H groups in total. The first-order valence-electron chi connectivity index (χ1n) is 6.57. The molecule has 1 heterocycles. The molecule has 1 aliphatic heterocycles. The summed E-state index contributed by atoms with van der Waals surface area (Å²) >= 11 is 0. The highest BCUT2D eigenvalue weighted by atomic mass is 16.3. The highest BCUT2D eigenvalue weighted by molar-refractivity contribution is 5.38. The molecule has 0 radical (unpaired) electrons. The van der Waals surface area contributed by atoms with E-state index in [2.05, 4.69) is 22.9 Å². The number of hydrogen-bond acceptors (Lipinski definition) is 3. The molecule has 1 aromatic carbocycles. The van der Waals surface area contributed by atoms with Crippen molar-refractivity contribution in [1.82, 2.24) is 10.2 Å². The minimum absolute atomic E-state index is 0.241. The zero-order chi connectivity index (χ0) is 13.0. The quantitative estimate of drug-likeness (QED) is 0.800. The highest BCUT2D eigenvalue weighted by Gasteiger charge is 2.23. The van der Waals surface area contributed by atoms with Gasteiger partial charge in [0.2, 0.25) is 0 Å². The van der Waals surface area contributed by atoms with Gasteiger partial charge in [0.1, 0.15) is 5.75 Å². The molecule has 0 bridgehead atoms. The molecule has 0 unspecified atom stereocenters. The third-order valence-corrected chi connectivity index (χ3v) is 3.53. The zero-order valence-corrected chi connectivity index (χ0v) is 11.0. The lowest BCUT2D eigenvalue weighted by Gasteiger charge is -2.35. The average molecular weight is 246 g/mol. The van der Waals surface area contributed by atoms with Crippen molar-refractivity contribution in [1.29, 1.82) is 0 Å². The van der Waals surface area contributed by atoms with Gasteiger partial charge in [-0.05, 0) is 25.0 Å². The van der Waals surface area contributed by atoms with Gasteiger partial charge in [0.25, 0.3) is 0 Å². The number of nitrogens with one attached hydrogen (secondary N) is 1. The number of hydrogen-bond donors (Lipinski definition) is 2. The van der Waals surface area contributed by atoms with E-state index in [0.29, 0.717) is 5.75 Å². The van der Waals surface area contributed by atoms with Gasteiger partial charge in [-0.15, -0.1) is 6.58 Å². The second-order valence-electron chi connectivity index (χ2n) is 4.89. The van der Waals surface area contributed by atoms with E-state index in [1.165, 1.54) is 0 Å². The summed E-state index contributed by atoms with van der Waals surface area (Å²) in [7, 11) is 0. The third-order valence-electron chi connectivity index (χ3n) is 3.53. The molecule has 0 aromatic heterocycles. The largest absolute Gasteiger partial charge is 0.508 e. The molecule has 3 nitrogen and oxygen atoms in total. The van der Waals surface area contributed by atoms with Gasteiger partial charge in [-0.2, -0.15) is 0 Å². The zero-order valence-electron chi connectivity index (χ0n) is 11.0. The molecule has 0 aliphatic carbocycles. The lowest BCUT2D eigenvalue weighted by atomic mass is 9.99. The maximum absolute atomic E-state index is 10.1. The summed E-state index contributed by atoms with van der Waals surface area (Å²) in [6, 6.07) is 6.19. The van der Waals surface area contributed by atoms with E-state index in [1.807, 2.05) is 25.1 Å². The van der Waals surface area contributed by atoms with Gasteiger partial charge in [-0.1, -0.05) is 18.2 Å². The Hall–Kier alpha value is -1.32. The van der Waals surface area contributed by atoms with Gasteiger partial charge < -0.3 is 10.4 Å². The number of aryl methyl sites for hydroxylation is 1. The highest BCUT2D eigenvalue weighted by Crippen LogP contribution is 2.32. The van der Waals surface area contributed by atoms with Crippen LogP contribution in [0, 0.1) is 6.92 Å². The van der Waals surface area contributed by atoms with E-state index in [4.69, 9.17) is 0 Å². The topological polar surface area (TPSA) is 35.5 Å². The molecule has 0 saturated carbocycles. The lowest BCUT2D eigenvalue weighted by Crippen LogP contribution is -2.45. The van der Waals surface area contributed by atoms with E-state index >= 15 is 0 Å². The molecule has 3 heteroatoms. The fraction of sp³-hybridized carbons (Fsp3) is 0.467. The lowest BCUT2D eigenvalue weighted by molar-refractivity contribution is 0.172. The van der Waals surface area contributed by atoms with E-state index in [-0.39, 0.29) is 6.04 Å². The predicted molar refractivity (Wildman–Crippen MR) is 74.8 cm³/mol. The Morgan fingerprint density at radius 1 is 1.44 bits per heavy atom. The van der Waals surface area contributed by atoms with Crippen LogP contribution in [0.3, 0.4) is 0 Å². The molecular formula is C15H22N2O. The standard InChI is InChI=1S/C15H22N2O/c1-3-4-14(17-9-7-16-8-10-17)13-6-5-12(2)11-15(13)18/h3,5-6,11,14,16,18H,1,4,7-10H2,2H3/t14-/m1/s1. The summed E-state index contributed by atoms with van der Waals surface area (Å²) in [6.45, 7) is 9.91. The van der Waals surface area contributed by atoms with Crippen LogP contribution in [0.25, 0.3) is 0 Å². The summed E-state index contributed by atoms with van der Waals surface area (Å²) in [5, 5.41) is 13.5. The second kappa shape index (κ2) is 6.03. The van der Waals surface area contributed by atoms with E-state index in [1.54, 1.807) is 0 Å². The Morgan fingerprint density at radius 3 is 2.78 bits per heavy atom. The second-order valence-corrected chi connectivity index (χ2v) is 4.89. The first-order chi connectivity index (χ1) is 8.72. The molecule has 1 saturated heterocycles. The van der Waals surface area contributed by atoms with Gasteiger partial charge in [0, 0.05) is 37.8 Å². The molecular weight excluding hydrogens is 224 g/mol. The minimum Gasteiger partial charge on any atom is -0.508 e. The molecule has 1 aliphatic rings. The molecule has 98 valence electrons. The number of benzene rings is 1. The van der Waals surface area contributed by atoms with Crippen molar-refractivity contribution in [2.75, 3.05) is 26.2 Å². The van der Waals surface area contributed by atoms with Crippen LogP contribution >= 0.6 is 0 Å². The first-order valence-corrected chi connectivity index (χ1v) is 6.57. The molecule has 1 aromatic rings. The predicted octanol–water partition coefficient (Wildman–Crippen LogP) is 2.22. The number of piperazine rings is 1. The van der Waals surface area contributed by atoms with Crippen LogP contribution in [0.5, 0.6) is 5.75 Å². The van der Waals surface area contributed by atoms with Crippen molar-refractivity contribution in [2.24, 2.45) is 0 Å². The summed E-state index contributed by atoms with van der Waals surface area (Å²) in [5.41, 5.74) is 2.11. The number of phenols is 1. The van der Waals surface area contributed by atoms with E-state index < -0.39 is 0 Å². The van der Waals surface area contributed by atoms with Crippen molar-refractivity contribution in [3.63, 3.8) is 0 Å². The van der Waals surface area contributed by atoms with Crippen LogP contribution in [0.15, 0.2) is 30.9 Å². The van der Waals surface area contributed by atoms with Crippen LogP contribution in [0.2, 0.25) is 0 Å². The van der Waals surface area contributed by atoms with Crippen LogP contribution in [0.4, 0.5) is 0 Å². The number of phenolic OH excluding ortho intramolecular Hbond substituents is 1. The van der Waals surface area contributed by atoms with Crippen LogP contribution in [-0.4, -0.2) is 36.2 Å². The first kappa shape index (κ1) is 13.1. The number of nitrogens with zero attached hydrogens (tertiary/aromatic N) is 1. The fourth-order valence-corrected chi connectivity index (χ4v) is 2.56. The Morgan fingerprint density at radius 2 is 2.17 bits per heavy atom. The van der Waals surface area contributed by atoms with Gasteiger partial charge in [0.15, 0.2) is 0 Å². The fourth-order valence-electron chi connectivity index (χ4n) is 2.56. The minimum atomic E-state index is 0.241. The van der Waals surface area contributed by atoms with Crippen molar-refractivity contribution in [3.8, 4) is 5.75 Å². The van der Waals surface area contributed by atoms with Gasteiger partial charge in [-0.25, -0.2) is 0 Å². The van der Waals surface area contributed by atoms with Crippen molar-refractivity contribution in [2.45, 2.75) is 19.4 Å². The van der Waals surface area contributed by atoms with Gasteiger partial charge >= 0.3 is 0 Å². The average Bonchev–Trinajstić information content (AvgIpc) is 2.38. The summed E-state index contributed by atoms with van der Waals surface area (Å²) in [6.07, 6.45) is 2.81. The normalized spacial score (nSPS) is 18.5. The third kappa shape index (κ3) is 2.92. The van der Waals surface area contributed by atoms with Crippen molar-refractivity contribution >= 4 is 0 Å². The van der Waals surface area contributed by atoms with Crippen molar-refractivity contribution in [3.05, 3.63) is 42.0 Å². The number of rotatable bonds is 4. The molecule has 18 heavy (non-hydrogen) atoms. The summed E-state index contributed by atoms with van der Waals surface area (Å²) in [4.78, 5) is 2.42. The Labute approximate surface area is 109 Å². The summed E-state index contributed by atoms with van der Waals surface area (Å²) < 4.78 is 0. The maximum Gasteiger partial charge on any atom is 0.120 e. The van der Waals surface area contributed by atoms with E-state index in [0.717, 1.165) is 43.7 Å². The SMILES string of the molecule is C=CC[C@H](c1ccc(C)cc1O)N1CCNCC1. The van der Waals surface area contributed by atoms with E-state index in [9.17, 15) is 5.11 Å². The van der Waals surface area contributed by atoms with Crippen LogP contribution < -0.4 is 5.32 Å². The monoisotopic (exact) mass is 246 g/mol. The summed E-state index contributed by atoms with van der Waals surface area (Å²) in [5.74, 6) is 0.403. The van der Waals surface area contributed by atoms with Crippen LogP contribution in [-0.2, 0) is 0 Å². The number of aromatic hydroxyl groups is 1. The Bertz CT molecular complexity index is 411. The van der Waals surface area contributed by atoms with Crippen LogP contribution in [0.1, 0.15) is 23.6 Å². The van der Waals surface area contributed by atoms with Gasteiger partial charge in [-0.3, -0.25) is 4.90 Å². The Balaban J connectivity index is 2.24. The molecule has 1 fully saturated rings. The molecule has 1 atom stereocenters. The Kier molecular flexibility index (Phi) is 4.39. The molecule has 0 spiro atoms. The van der Waals surface area contributed by atoms with Crippen molar-refractivity contribution < 1.29 is 5.11 Å². The van der Waals surface area contributed by atoms with Gasteiger partial charge in [0.05, 0.1) is 0 Å². The molecule has 2 rings (SSSR count). The smallest absolute Gasteiger partial charge is 0.120 e. The maximum atomic E-state index is 10.1.